The van der Waals surface area contributed by atoms with Crippen molar-refractivity contribution in [1.82, 2.24) is 0 Å². The third kappa shape index (κ3) is 1.50. The number of ketones is 1. The summed E-state index contributed by atoms with van der Waals surface area (Å²) < 4.78 is 0. The van der Waals surface area contributed by atoms with Gasteiger partial charge in [-0.2, -0.15) is 0 Å². The number of hydrogen-bond acceptors (Lipinski definition) is 1. The largest absolute Gasteiger partial charge is 0.294 e. The lowest BCUT2D eigenvalue weighted by molar-refractivity contribution is 0.0952. The smallest absolute Gasteiger partial charge is 0.163 e. The standard InChI is InChI=1S/C14H16O/c15-13(11-5-2-1-3-6-11)10-14-8-4-7-12(14)9-14/h1-3,5-6,12H,4,7-10H2/t12-,14-/m0/s1. The van der Waals surface area contributed by atoms with Crippen LogP contribution in [-0.2, 0) is 0 Å². The van der Waals surface area contributed by atoms with E-state index in [9.17, 15) is 4.79 Å². The van der Waals surface area contributed by atoms with E-state index in [1.54, 1.807) is 0 Å². The van der Waals surface area contributed by atoms with Crippen LogP contribution in [0.3, 0.4) is 0 Å². The van der Waals surface area contributed by atoms with Gasteiger partial charge in [-0.1, -0.05) is 36.8 Å². The van der Waals surface area contributed by atoms with E-state index >= 15 is 0 Å². The highest BCUT2D eigenvalue weighted by atomic mass is 16.1. The lowest BCUT2D eigenvalue weighted by atomic mass is 9.93. The first-order valence-electron chi connectivity index (χ1n) is 5.88. The molecule has 0 unspecified atom stereocenters. The lowest BCUT2D eigenvalue weighted by Gasteiger charge is -2.10. The number of benzene rings is 1. The van der Waals surface area contributed by atoms with Gasteiger partial charge in [0.1, 0.15) is 0 Å². The molecule has 1 heteroatoms. The minimum absolute atomic E-state index is 0.347. The molecule has 0 aliphatic heterocycles. The van der Waals surface area contributed by atoms with Crippen molar-refractivity contribution in [3.05, 3.63) is 35.9 Å². The third-order valence-electron chi connectivity index (χ3n) is 4.19. The Labute approximate surface area is 90.5 Å². The summed E-state index contributed by atoms with van der Waals surface area (Å²) in [4.78, 5) is 12.0. The van der Waals surface area contributed by atoms with Gasteiger partial charge in [-0.25, -0.2) is 0 Å². The molecule has 2 aliphatic carbocycles. The van der Waals surface area contributed by atoms with Crippen LogP contribution in [0.25, 0.3) is 0 Å². The van der Waals surface area contributed by atoms with Gasteiger partial charge in [-0.15, -0.1) is 0 Å². The molecular weight excluding hydrogens is 184 g/mol. The second-order valence-electron chi connectivity index (χ2n) is 5.12. The SMILES string of the molecule is O=C(C[C@@]12CCC[C@H]1C2)c1ccccc1. The van der Waals surface area contributed by atoms with Crippen LogP contribution in [0.15, 0.2) is 30.3 Å². The fourth-order valence-corrected chi connectivity index (χ4v) is 3.20. The molecule has 0 radical (unpaired) electrons. The minimum atomic E-state index is 0.347. The van der Waals surface area contributed by atoms with Crippen LogP contribution in [0.5, 0.6) is 0 Å². The Bertz CT molecular complexity index is 382. The molecule has 1 aromatic carbocycles. The third-order valence-corrected chi connectivity index (χ3v) is 4.19. The van der Waals surface area contributed by atoms with E-state index in [0.29, 0.717) is 11.2 Å². The molecule has 2 atom stereocenters. The van der Waals surface area contributed by atoms with Crippen LogP contribution in [0.1, 0.15) is 42.5 Å². The first kappa shape index (κ1) is 9.14. The van der Waals surface area contributed by atoms with Crippen molar-refractivity contribution >= 4 is 5.78 Å². The van der Waals surface area contributed by atoms with Crippen molar-refractivity contribution in [3.63, 3.8) is 0 Å². The van der Waals surface area contributed by atoms with Crippen molar-refractivity contribution in [1.29, 1.82) is 0 Å². The molecule has 3 rings (SSSR count). The van der Waals surface area contributed by atoms with Crippen molar-refractivity contribution in [2.75, 3.05) is 0 Å². The first-order chi connectivity index (χ1) is 7.30. The summed E-state index contributed by atoms with van der Waals surface area (Å²) in [7, 11) is 0. The molecule has 2 saturated carbocycles. The van der Waals surface area contributed by atoms with Gasteiger partial charge >= 0.3 is 0 Å². The molecule has 15 heavy (non-hydrogen) atoms. The van der Waals surface area contributed by atoms with Crippen LogP contribution in [-0.4, -0.2) is 5.78 Å². The quantitative estimate of drug-likeness (QED) is 0.683. The van der Waals surface area contributed by atoms with Crippen molar-refractivity contribution < 1.29 is 4.79 Å². The Balaban J connectivity index is 1.72. The molecule has 0 spiro atoms. The molecule has 78 valence electrons. The second kappa shape index (κ2) is 3.19. The number of rotatable bonds is 3. The lowest BCUT2D eigenvalue weighted by Crippen LogP contribution is -2.08. The van der Waals surface area contributed by atoms with Gasteiger partial charge in [0, 0.05) is 12.0 Å². The summed E-state index contributed by atoms with van der Waals surface area (Å²) in [6.07, 6.45) is 6.10. The predicted octanol–water partition coefficient (Wildman–Crippen LogP) is 3.45. The van der Waals surface area contributed by atoms with Crippen LogP contribution in [0, 0.1) is 11.3 Å². The summed E-state index contributed by atoms with van der Waals surface area (Å²) in [5.74, 6) is 1.23. The van der Waals surface area contributed by atoms with E-state index in [1.807, 2.05) is 30.3 Å². The zero-order chi connectivity index (χ0) is 10.3. The van der Waals surface area contributed by atoms with Crippen LogP contribution >= 0.6 is 0 Å². The van der Waals surface area contributed by atoms with Crippen molar-refractivity contribution in [3.8, 4) is 0 Å². The molecule has 0 amide bonds. The average Bonchev–Trinajstić information content (AvgIpc) is 2.81. The fourth-order valence-electron chi connectivity index (χ4n) is 3.20. The Hall–Kier alpha value is -1.11. The zero-order valence-corrected chi connectivity index (χ0v) is 8.91. The molecule has 0 aromatic heterocycles. The van der Waals surface area contributed by atoms with E-state index in [1.165, 1.54) is 25.7 Å². The van der Waals surface area contributed by atoms with Gasteiger partial charge in [0.25, 0.3) is 0 Å². The fraction of sp³-hybridized carbons (Fsp3) is 0.500. The maximum absolute atomic E-state index is 12.0. The van der Waals surface area contributed by atoms with Crippen LogP contribution in [0.4, 0.5) is 0 Å². The van der Waals surface area contributed by atoms with E-state index in [-0.39, 0.29) is 0 Å². The number of hydrogen-bond donors (Lipinski definition) is 0. The van der Waals surface area contributed by atoms with Gasteiger partial charge in [-0.05, 0) is 30.6 Å². The molecule has 1 aromatic rings. The van der Waals surface area contributed by atoms with Crippen LogP contribution < -0.4 is 0 Å². The molecule has 0 heterocycles. The Kier molecular flexibility index (Phi) is 1.95. The van der Waals surface area contributed by atoms with Gasteiger partial charge in [0.2, 0.25) is 0 Å². The molecule has 2 aliphatic rings. The van der Waals surface area contributed by atoms with Gasteiger partial charge in [-0.3, -0.25) is 4.79 Å². The highest BCUT2D eigenvalue weighted by Crippen LogP contribution is 2.65. The van der Waals surface area contributed by atoms with Crippen molar-refractivity contribution in [2.45, 2.75) is 32.1 Å². The van der Waals surface area contributed by atoms with Gasteiger partial charge < -0.3 is 0 Å². The normalized spacial score (nSPS) is 32.4. The monoisotopic (exact) mass is 200 g/mol. The maximum Gasteiger partial charge on any atom is 0.163 e. The van der Waals surface area contributed by atoms with E-state index < -0.39 is 0 Å². The number of carbonyl (C=O) groups excluding carboxylic acids is 1. The van der Waals surface area contributed by atoms with Crippen LogP contribution in [0.2, 0.25) is 0 Å². The molecule has 0 bridgehead atoms. The van der Waals surface area contributed by atoms with Gasteiger partial charge in [0.05, 0.1) is 0 Å². The maximum atomic E-state index is 12.0. The zero-order valence-electron chi connectivity index (χ0n) is 8.91. The first-order valence-corrected chi connectivity index (χ1v) is 5.88. The van der Waals surface area contributed by atoms with E-state index in [4.69, 9.17) is 0 Å². The second-order valence-corrected chi connectivity index (χ2v) is 5.12. The summed E-state index contributed by atoms with van der Waals surface area (Å²) in [6, 6.07) is 9.73. The summed E-state index contributed by atoms with van der Waals surface area (Å²) >= 11 is 0. The van der Waals surface area contributed by atoms with Crippen molar-refractivity contribution in [2.24, 2.45) is 11.3 Å². The minimum Gasteiger partial charge on any atom is -0.294 e. The highest BCUT2D eigenvalue weighted by molar-refractivity contribution is 5.96. The summed E-state index contributed by atoms with van der Waals surface area (Å²) in [5, 5.41) is 0. The van der Waals surface area contributed by atoms with E-state index in [2.05, 4.69) is 0 Å². The summed E-state index contributed by atoms with van der Waals surface area (Å²) in [5.41, 5.74) is 1.33. The number of carbonyl (C=O) groups is 1. The molecular formula is C14H16O. The van der Waals surface area contributed by atoms with E-state index in [0.717, 1.165) is 17.9 Å². The Morgan fingerprint density at radius 1 is 1.33 bits per heavy atom. The number of Topliss-reactive ketones (excluding diaryl/α,β-unsaturated/α-hetero) is 1. The molecule has 0 saturated heterocycles. The predicted molar refractivity (Wildman–Crippen MR) is 59.8 cm³/mol. The molecule has 2 fully saturated rings. The van der Waals surface area contributed by atoms with Gasteiger partial charge in [0.15, 0.2) is 5.78 Å². The summed E-state index contributed by atoms with van der Waals surface area (Å²) in [6.45, 7) is 0. The average molecular weight is 200 g/mol. The Morgan fingerprint density at radius 2 is 2.13 bits per heavy atom. The Morgan fingerprint density at radius 3 is 2.73 bits per heavy atom. The molecule has 1 nitrogen and oxygen atoms in total. The highest BCUT2D eigenvalue weighted by Gasteiger charge is 2.57. The topological polar surface area (TPSA) is 17.1 Å². The molecule has 0 N–H and O–H groups in total. The number of fused-ring (bicyclic) bond motifs is 1.